The van der Waals surface area contributed by atoms with Crippen LogP contribution in [0.5, 0.6) is 5.75 Å². The standard InChI is InChI=1S/C65H98N18O14S/c1-35(2)27-42(66)54(88)77-46(29-38-15-9-7-10-16-38)58(92)76-44(20-14-26-73-65(70)71)56(90)83-53(37(5)6)63(97)81-48(31-40-21-23-41(84)24-22-40)60(94)82-50(34-98)62(96)80-49(32-51(67)85)61(95)79-47(30-39-17-11-8-12-18-39)59(93)78-45(28-36(3)4)57(91)75-43(19-13-25-72-64(68)69)55(89)74-33-52(86)87/h7-12,15-18,21-24,35-37,42-50,53,84,98H,13-14,19-20,25-34,66H2,1-6H3,(H2,67,85)(H,74,89)(H,75,91)(H,76,92)(H,77,88)(H,78,93)(H,79,95)(H,80,96)(H,81,97)(H,82,94)(H,83,90)(H,86,87)(H4,68,69,72)(H4,70,71,73)/t42-,43-,44-,45-,46-,47-,48-,49-,50-,53-/m0/s1. The maximum atomic E-state index is 14.6. The zero-order chi connectivity index (χ0) is 73.2. The van der Waals surface area contributed by atoms with Crippen LogP contribution in [0, 0.1) is 17.8 Å². The molecule has 24 N–H and O–H groups in total. The molecular weight excluding hydrogens is 1290 g/mol. The third-order valence-electron chi connectivity index (χ3n) is 14.9. The van der Waals surface area contributed by atoms with Gasteiger partial charge in [0.15, 0.2) is 11.9 Å². The Labute approximate surface area is 575 Å². The second kappa shape index (κ2) is 42.5. The number of hydrogen-bond donors (Lipinski definition) is 19. The lowest BCUT2D eigenvalue weighted by Gasteiger charge is -2.29. The van der Waals surface area contributed by atoms with Crippen molar-refractivity contribution in [3.05, 3.63) is 102 Å². The lowest BCUT2D eigenvalue weighted by atomic mass is 9.99. The number of carbonyl (C=O) groups is 12. The van der Waals surface area contributed by atoms with Gasteiger partial charge in [-0.05, 0) is 85.1 Å². The number of primary amides is 1. The Kier molecular flexibility index (Phi) is 35.6. The summed E-state index contributed by atoms with van der Waals surface area (Å²) in [7, 11) is 0. The number of nitrogens with zero attached hydrogens (tertiary/aromatic N) is 2. The van der Waals surface area contributed by atoms with E-state index in [-0.39, 0.29) is 94.0 Å². The van der Waals surface area contributed by atoms with Crippen LogP contribution < -0.4 is 87.6 Å². The van der Waals surface area contributed by atoms with E-state index in [4.69, 9.17) is 34.4 Å². The highest BCUT2D eigenvalue weighted by molar-refractivity contribution is 7.80. The van der Waals surface area contributed by atoms with Gasteiger partial charge in [0.2, 0.25) is 65.0 Å². The van der Waals surface area contributed by atoms with Crippen molar-refractivity contribution in [2.45, 2.75) is 166 Å². The third-order valence-corrected chi connectivity index (χ3v) is 15.3. The van der Waals surface area contributed by atoms with Crippen molar-refractivity contribution < 1.29 is 67.7 Å². The number of carbonyl (C=O) groups excluding carboxylic acids is 11. The number of amides is 11. The molecule has 10 atom stereocenters. The molecule has 0 aliphatic heterocycles. The number of hydrogen-bond acceptors (Lipinski definition) is 17. The minimum absolute atomic E-state index is 0.00629. The van der Waals surface area contributed by atoms with Crippen molar-refractivity contribution in [1.82, 2.24) is 53.2 Å². The monoisotopic (exact) mass is 1390 g/mol. The predicted molar refractivity (Wildman–Crippen MR) is 369 cm³/mol. The van der Waals surface area contributed by atoms with E-state index in [1.54, 1.807) is 88.4 Å². The van der Waals surface area contributed by atoms with E-state index in [1.165, 1.54) is 24.3 Å². The molecule has 3 rings (SSSR count). The molecule has 33 heteroatoms. The van der Waals surface area contributed by atoms with Crippen molar-refractivity contribution in [3.63, 3.8) is 0 Å². The summed E-state index contributed by atoms with van der Waals surface area (Å²) in [6, 6.07) is 8.54. The number of phenolic OH excluding ortho intramolecular Hbond substituents is 1. The van der Waals surface area contributed by atoms with Gasteiger partial charge in [0.1, 0.15) is 66.7 Å². The summed E-state index contributed by atoms with van der Waals surface area (Å²) in [5.74, 6) is -13.3. The highest BCUT2D eigenvalue weighted by Crippen LogP contribution is 2.16. The third kappa shape index (κ3) is 31.2. The molecule has 0 spiro atoms. The summed E-state index contributed by atoms with van der Waals surface area (Å²) >= 11 is 4.31. The van der Waals surface area contributed by atoms with Crippen molar-refractivity contribution in [3.8, 4) is 5.75 Å². The lowest BCUT2D eigenvalue weighted by molar-refractivity contribution is -0.138. The number of aliphatic carboxylic acids is 1. The molecule has 0 unspecified atom stereocenters. The van der Waals surface area contributed by atoms with Gasteiger partial charge in [-0.1, -0.05) is 114 Å². The van der Waals surface area contributed by atoms with E-state index in [1.807, 2.05) is 13.8 Å². The smallest absolute Gasteiger partial charge is 0.322 e. The van der Waals surface area contributed by atoms with Gasteiger partial charge in [0.05, 0.1) is 12.5 Å². The molecule has 0 fully saturated rings. The summed E-state index contributed by atoms with van der Waals surface area (Å²) < 4.78 is 0. The Morgan fingerprint density at radius 2 is 0.806 bits per heavy atom. The molecule has 11 amide bonds. The first-order valence-corrected chi connectivity index (χ1v) is 32.7. The van der Waals surface area contributed by atoms with Crippen molar-refractivity contribution in [2.75, 3.05) is 25.4 Å². The van der Waals surface area contributed by atoms with E-state index < -0.39 is 156 Å². The summed E-state index contributed by atoms with van der Waals surface area (Å²) in [6.45, 7) is 9.81. The predicted octanol–water partition coefficient (Wildman–Crippen LogP) is -3.03. The molecule has 0 saturated carbocycles. The molecule has 0 heterocycles. The number of phenols is 1. The molecular formula is C65H98N18O14S. The lowest BCUT2D eigenvalue weighted by Crippen LogP contribution is -2.62. The first kappa shape index (κ1) is 82.2. The van der Waals surface area contributed by atoms with Crippen LogP contribution >= 0.6 is 12.6 Å². The molecule has 0 radical (unpaired) electrons. The number of carboxylic acid groups (broad SMARTS) is 1. The number of nitrogens with one attached hydrogen (secondary N) is 10. The highest BCUT2D eigenvalue weighted by Gasteiger charge is 2.37. The van der Waals surface area contributed by atoms with E-state index in [0.29, 0.717) is 23.1 Å². The van der Waals surface area contributed by atoms with Crippen LogP contribution in [0.2, 0.25) is 0 Å². The first-order chi connectivity index (χ1) is 46.3. The molecule has 538 valence electrons. The van der Waals surface area contributed by atoms with Crippen LogP contribution in [-0.2, 0) is 76.8 Å². The summed E-state index contributed by atoms with van der Waals surface area (Å²) in [5, 5.41) is 45.1. The quantitative estimate of drug-likeness (QED) is 0.0116. The average molecular weight is 1390 g/mol. The largest absolute Gasteiger partial charge is 0.508 e. The number of rotatable bonds is 43. The summed E-state index contributed by atoms with van der Waals surface area (Å²) in [4.78, 5) is 174. The van der Waals surface area contributed by atoms with Gasteiger partial charge in [0, 0.05) is 38.1 Å². The summed E-state index contributed by atoms with van der Waals surface area (Å²) in [5.41, 5.74) is 35.4. The highest BCUT2D eigenvalue weighted by atomic mass is 32.1. The van der Waals surface area contributed by atoms with Gasteiger partial charge in [-0.3, -0.25) is 67.5 Å². The molecule has 0 aromatic heterocycles. The Hall–Kier alpha value is -10.0. The van der Waals surface area contributed by atoms with Crippen LogP contribution in [0.25, 0.3) is 0 Å². The normalized spacial score (nSPS) is 14.1. The van der Waals surface area contributed by atoms with Gasteiger partial charge < -0.3 is 97.8 Å². The summed E-state index contributed by atoms with van der Waals surface area (Å²) in [6.07, 6.45) is -0.837. The second-order valence-corrected chi connectivity index (χ2v) is 25.1. The molecule has 3 aromatic carbocycles. The van der Waals surface area contributed by atoms with Crippen molar-refractivity contribution in [1.29, 1.82) is 0 Å². The number of nitrogens with two attached hydrogens (primary N) is 6. The fraction of sp³-hybridized carbons (Fsp3) is 0.508. The minimum Gasteiger partial charge on any atom is -0.508 e. The number of carboxylic acids is 1. The Morgan fingerprint density at radius 3 is 1.23 bits per heavy atom. The molecule has 0 aliphatic rings. The van der Waals surface area contributed by atoms with Crippen LogP contribution in [0.1, 0.15) is 103 Å². The Morgan fingerprint density at radius 1 is 0.439 bits per heavy atom. The van der Waals surface area contributed by atoms with Crippen LogP contribution in [0.15, 0.2) is 94.9 Å². The van der Waals surface area contributed by atoms with Gasteiger partial charge in [-0.2, -0.15) is 12.6 Å². The van der Waals surface area contributed by atoms with E-state index >= 15 is 0 Å². The van der Waals surface area contributed by atoms with Gasteiger partial charge >= 0.3 is 5.97 Å². The zero-order valence-corrected chi connectivity index (χ0v) is 57.0. The maximum absolute atomic E-state index is 14.6. The fourth-order valence-corrected chi connectivity index (χ4v) is 10.2. The minimum atomic E-state index is -1.83. The molecule has 98 heavy (non-hydrogen) atoms. The van der Waals surface area contributed by atoms with Crippen LogP contribution in [-0.4, -0.2) is 179 Å². The number of guanidine groups is 2. The van der Waals surface area contributed by atoms with Gasteiger partial charge in [-0.15, -0.1) is 0 Å². The van der Waals surface area contributed by atoms with Crippen molar-refractivity contribution in [2.24, 2.45) is 62.1 Å². The molecule has 32 nitrogen and oxygen atoms in total. The first-order valence-electron chi connectivity index (χ1n) is 32.1. The van der Waals surface area contributed by atoms with Crippen LogP contribution in [0.3, 0.4) is 0 Å². The molecule has 3 aromatic rings. The zero-order valence-electron chi connectivity index (χ0n) is 56.1. The fourth-order valence-electron chi connectivity index (χ4n) is 9.91. The number of thiol groups is 1. The SMILES string of the molecule is CC(C)C[C@H](NC(=O)[C@H](Cc1ccccc1)NC(=O)[C@H](CC(N)=O)NC(=O)[C@H](CS)NC(=O)[C@H](Cc1ccc(O)cc1)NC(=O)[C@@H](NC(=O)[C@H](CCCN=C(N)N)NC(=O)[C@H](Cc1ccccc1)NC(=O)[C@@H](N)CC(C)C)C(C)C)C(=O)N[C@@H](CCCN=C(N)N)C(=O)NCC(=O)O. The second-order valence-electron chi connectivity index (χ2n) is 24.7. The Bertz CT molecular complexity index is 3210. The van der Waals surface area contributed by atoms with E-state index in [0.717, 1.165) is 0 Å². The van der Waals surface area contributed by atoms with Gasteiger partial charge in [-0.25, -0.2) is 0 Å². The topological polar surface area (TPSA) is 546 Å². The number of aliphatic imine (C=N–C) groups is 2. The maximum Gasteiger partial charge on any atom is 0.322 e. The number of benzene rings is 3. The average Bonchev–Trinajstić information content (AvgIpc) is 0.863. The molecule has 0 bridgehead atoms. The molecule has 0 saturated heterocycles. The van der Waals surface area contributed by atoms with E-state index in [9.17, 15) is 67.7 Å². The van der Waals surface area contributed by atoms with E-state index in [2.05, 4.69) is 75.8 Å². The molecule has 0 aliphatic carbocycles. The number of aromatic hydroxyl groups is 1. The van der Waals surface area contributed by atoms with Crippen LogP contribution in [0.4, 0.5) is 0 Å². The Balaban J connectivity index is 1.97. The van der Waals surface area contributed by atoms with Gasteiger partial charge in [0.25, 0.3) is 0 Å². The van der Waals surface area contributed by atoms with Crippen molar-refractivity contribution >= 4 is 95.5 Å².